The maximum absolute atomic E-state index is 13.2. The molecule has 0 aromatic carbocycles. The first-order chi connectivity index (χ1) is 12.3. The lowest BCUT2D eigenvalue weighted by Gasteiger charge is -2.39. The summed E-state index contributed by atoms with van der Waals surface area (Å²) in [6.45, 7) is 17.4. The Bertz CT molecular complexity index is 583. The van der Waals surface area contributed by atoms with Gasteiger partial charge in [-0.05, 0) is 51.4 Å². The van der Waals surface area contributed by atoms with Gasteiger partial charge in [0.05, 0.1) is 0 Å². The van der Waals surface area contributed by atoms with Gasteiger partial charge < -0.3 is 5.32 Å². The van der Waals surface area contributed by atoms with Gasteiger partial charge in [0.25, 0.3) is 5.91 Å². The van der Waals surface area contributed by atoms with E-state index in [9.17, 15) is 14.4 Å². The molecule has 2 unspecified atom stereocenters. The highest BCUT2D eigenvalue weighted by Gasteiger charge is 2.43. The van der Waals surface area contributed by atoms with Crippen molar-refractivity contribution in [1.29, 1.82) is 0 Å². The number of rotatable bonds is 7. The number of carbonyl (C=O) groups is 3. The van der Waals surface area contributed by atoms with Crippen LogP contribution in [0.3, 0.4) is 0 Å². The summed E-state index contributed by atoms with van der Waals surface area (Å²) in [4.78, 5) is 39.7. The van der Waals surface area contributed by atoms with Crippen molar-refractivity contribution in [2.24, 2.45) is 11.3 Å². The summed E-state index contributed by atoms with van der Waals surface area (Å²) in [5, 5.41) is 2.66. The molecule has 3 amide bonds. The van der Waals surface area contributed by atoms with Gasteiger partial charge in [-0.1, -0.05) is 47.1 Å². The fraction of sp³-hybridized carbons (Fsp3) is 0.773. The maximum Gasteiger partial charge on any atom is 0.251 e. The zero-order chi connectivity index (χ0) is 21.0. The Balaban J connectivity index is 2.99. The predicted octanol–water partition coefficient (Wildman–Crippen LogP) is 4.22. The fourth-order valence-corrected chi connectivity index (χ4v) is 4.13. The second kappa shape index (κ2) is 9.03. The van der Waals surface area contributed by atoms with E-state index < -0.39 is 11.6 Å². The first-order valence-corrected chi connectivity index (χ1v) is 10.1. The second-order valence-corrected chi connectivity index (χ2v) is 9.82. The molecule has 154 valence electrons. The molecule has 1 aliphatic carbocycles. The molecule has 0 aromatic heterocycles. The monoisotopic (exact) mass is 378 g/mol. The van der Waals surface area contributed by atoms with Crippen LogP contribution in [0.1, 0.15) is 87.0 Å². The molecule has 0 aliphatic heterocycles. The highest BCUT2D eigenvalue weighted by atomic mass is 16.2. The Morgan fingerprint density at radius 3 is 2.11 bits per heavy atom. The molecule has 1 saturated carbocycles. The van der Waals surface area contributed by atoms with E-state index in [4.69, 9.17) is 0 Å². The van der Waals surface area contributed by atoms with Crippen molar-refractivity contribution >= 4 is 17.7 Å². The lowest BCUT2D eigenvalue weighted by Crippen LogP contribution is -2.57. The third-order valence-electron chi connectivity index (χ3n) is 5.28. The molecule has 0 aromatic rings. The quantitative estimate of drug-likeness (QED) is 0.675. The summed E-state index contributed by atoms with van der Waals surface area (Å²) in [5.41, 5.74) is 0.0187. The highest BCUT2D eigenvalue weighted by molar-refractivity contribution is 6.01. The van der Waals surface area contributed by atoms with Crippen LogP contribution in [0, 0.1) is 11.3 Å². The Morgan fingerprint density at radius 1 is 1.15 bits per heavy atom. The van der Waals surface area contributed by atoms with Crippen LogP contribution in [0.25, 0.3) is 0 Å². The average molecular weight is 379 g/mol. The topological polar surface area (TPSA) is 66.5 Å². The van der Waals surface area contributed by atoms with E-state index in [0.717, 1.165) is 32.1 Å². The van der Waals surface area contributed by atoms with Crippen LogP contribution >= 0.6 is 0 Å². The summed E-state index contributed by atoms with van der Waals surface area (Å²) in [7, 11) is 0. The molecule has 1 aliphatic rings. The van der Waals surface area contributed by atoms with Gasteiger partial charge in [0.2, 0.25) is 11.8 Å². The first kappa shape index (κ1) is 23.4. The molecular formula is C22H38N2O3. The van der Waals surface area contributed by atoms with E-state index in [0.29, 0.717) is 12.0 Å². The second-order valence-electron chi connectivity index (χ2n) is 9.82. The molecule has 0 heterocycles. The van der Waals surface area contributed by atoms with Gasteiger partial charge in [-0.15, -0.1) is 0 Å². The zero-order valence-electron chi connectivity index (χ0n) is 18.3. The van der Waals surface area contributed by atoms with Crippen LogP contribution < -0.4 is 5.32 Å². The minimum Gasteiger partial charge on any atom is -0.341 e. The summed E-state index contributed by atoms with van der Waals surface area (Å²) in [6, 6.07) is -0.756. The van der Waals surface area contributed by atoms with E-state index >= 15 is 0 Å². The van der Waals surface area contributed by atoms with Gasteiger partial charge in [-0.25, -0.2) is 0 Å². The van der Waals surface area contributed by atoms with Crippen LogP contribution in [0.5, 0.6) is 0 Å². The normalized spacial score (nSPS) is 18.5. The number of nitrogens with zero attached hydrogens (tertiary/aromatic N) is 1. The molecule has 27 heavy (non-hydrogen) atoms. The molecule has 0 saturated heterocycles. The molecule has 5 nitrogen and oxygen atoms in total. The van der Waals surface area contributed by atoms with E-state index in [1.165, 1.54) is 4.90 Å². The summed E-state index contributed by atoms with van der Waals surface area (Å²) < 4.78 is 0. The number of nitrogens with one attached hydrogen (secondary N) is 1. The van der Waals surface area contributed by atoms with Crippen LogP contribution in [0.4, 0.5) is 0 Å². The van der Waals surface area contributed by atoms with Gasteiger partial charge in [0, 0.05) is 17.5 Å². The van der Waals surface area contributed by atoms with Gasteiger partial charge >= 0.3 is 0 Å². The molecular weight excluding hydrogens is 340 g/mol. The van der Waals surface area contributed by atoms with Crippen molar-refractivity contribution in [2.75, 3.05) is 0 Å². The predicted molar refractivity (Wildman–Crippen MR) is 109 cm³/mol. The molecule has 0 spiro atoms. The average Bonchev–Trinajstić information content (AvgIpc) is 2.91. The van der Waals surface area contributed by atoms with Crippen LogP contribution in [0.15, 0.2) is 12.2 Å². The zero-order valence-corrected chi connectivity index (χ0v) is 18.3. The molecule has 0 bridgehead atoms. The van der Waals surface area contributed by atoms with Crippen molar-refractivity contribution in [3.63, 3.8) is 0 Å². The molecule has 0 radical (unpaired) electrons. The SMILES string of the molecule is C=C(C)C(=O)NC(C)C(=O)N(C(=O)CC(C)CC(C)(C)C)C1(C)CCCC1. The Kier molecular flexibility index (Phi) is 7.82. The standard InChI is InChI=1S/C22H38N2O3/c1-15(2)19(26)23-17(4)20(27)24(22(8)11-9-10-12-22)18(25)13-16(3)14-21(5,6)7/h16-17H,1,9-14H2,2-8H3,(H,23,26). The first-order valence-electron chi connectivity index (χ1n) is 10.1. The van der Waals surface area contributed by atoms with E-state index in [1.54, 1.807) is 13.8 Å². The van der Waals surface area contributed by atoms with E-state index in [-0.39, 0.29) is 29.1 Å². The highest BCUT2D eigenvalue weighted by Crippen LogP contribution is 2.36. The third kappa shape index (κ3) is 6.78. The Labute approximate surface area is 165 Å². The van der Waals surface area contributed by atoms with Gasteiger partial charge in [-0.2, -0.15) is 0 Å². The number of hydrogen-bond donors (Lipinski definition) is 1. The fourth-order valence-electron chi connectivity index (χ4n) is 4.13. The smallest absolute Gasteiger partial charge is 0.251 e. The van der Waals surface area contributed by atoms with Crippen molar-refractivity contribution in [3.05, 3.63) is 12.2 Å². The molecule has 1 rings (SSSR count). The minimum atomic E-state index is -0.756. The van der Waals surface area contributed by atoms with E-state index in [2.05, 4.69) is 39.6 Å². The van der Waals surface area contributed by atoms with Crippen molar-refractivity contribution in [2.45, 2.75) is 98.6 Å². The Morgan fingerprint density at radius 2 is 1.67 bits per heavy atom. The molecule has 2 atom stereocenters. The summed E-state index contributed by atoms with van der Waals surface area (Å²) in [6.07, 6.45) is 4.92. The number of carbonyl (C=O) groups excluding carboxylic acids is 3. The van der Waals surface area contributed by atoms with Gasteiger partial charge in [-0.3, -0.25) is 19.3 Å². The summed E-state index contributed by atoms with van der Waals surface area (Å²) in [5.74, 6) is -0.612. The molecule has 1 N–H and O–H groups in total. The van der Waals surface area contributed by atoms with E-state index in [1.807, 2.05) is 6.92 Å². The van der Waals surface area contributed by atoms with Gasteiger partial charge in [0.15, 0.2) is 0 Å². The lowest BCUT2D eigenvalue weighted by atomic mass is 9.83. The number of imide groups is 1. The number of hydrogen-bond acceptors (Lipinski definition) is 3. The van der Waals surface area contributed by atoms with Crippen molar-refractivity contribution in [1.82, 2.24) is 10.2 Å². The van der Waals surface area contributed by atoms with Crippen molar-refractivity contribution < 1.29 is 14.4 Å². The molecule has 1 fully saturated rings. The maximum atomic E-state index is 13.2. The van der Waals surface area contributed by atoms with Crippen LogP contribution in [0.2, 0.25) is 0 Å². The van der Waals surface area contributed by atoms with Gasteiger partial charge in [0.1, 0.15) is 6.04 Å². The minimum absolute atomic E-state index is 0.127. The Hall–Kier alpha value is -1.65. The summed E-state index contributed by atoms with van der Waals surface area (Å²) >= 11 is 0. The lowest BCUT2D eigenvalue weighted by molar-refractivity contribution is -0.154. The number of amides is 3. The van der Waals surface area contributed by atoms with Crippen LogP contribution in [-0.2, 0) is 14.4 Å². The largest absolute Gasteiger partial charge is 0.341 e. The van der Waals surface area contributed by atoms with Crippen molar-refractivity contribution in [3.8, 4) is 0 Å². The van der Waals surface area contributed by atoms with Crippen LogP contribution in [-0.4, -0.2) is 34.2 Å². The molecule has 5 heteroatoms. The third-order valence-corrected chi connectivity index (χ3v) is 5.28.